The van der Waals surface area contributed by atoms with Crippen molar-refractivity contribution in [3.8, 4) is 11.1 Å². The molecular weight excluding hydrogens is 536 g/mol. The lowest BCUT2D eigenvalue weighted by Crippen LogP contribution is -2.45. The van der Waals surface area contributed by atoms with Crippen LogP contribution in [0.5, 0.6) is 0 Å². The van der Waals surface area contributed by atoms with E-state index < -0.39 is 33.9 Å². The average Bonchev–Trinajstić information content (AvgIpc) is 2.97. The molecule has 38 heavy (non-hydrogen) atoms. The highest BCUT2D eigenvalue weighted by atomic mass is 35.5. The minimum absolute atomic E-state index is 0.156. The number of anilines is 2. The second-order valence-electron chi connectivity index (χ2n) is 9.80. The number of hydrogen-bond donors (Lipinski definition) is 3. The zero-order valence-electron chi connectivity index (χ0n) is 20.6. The van der Waals surface area contributed by atoms with E-state index >= 15 is 0 Å². The van der Waals surface area contributed by atoms with Crippen molar-refractivity contribution in [2.24, 2.45) is 5.92 Å². The summed E-state index contributed by atoms with van der Waals surface area (Å²) in [5.74, 6) is -2.66. The van der Waals surface area contributed by atoms with Crippen molar-refractivity contribution in [2.45, 2.75) is 43.0 Å². The van der Waals surface area contributed by atoms with Gasteiger partial charge < -0.3 is 10.0 Å². The highest BCUT2D eigenvalue weighted by Crippen LogP contribution is 2.60. The van der Waals surface area contributed by atoms with Crippen molar-refractivity contribution in [3.63, 3.8) is 0 Å². The van der Waals surface area contributed by atoms with Crippen molar-refractivity contribution >= 4 is 39.7 Å². The van der Waals surface area contributed by atoms with Crippen LogP contribution < -0.4 is 4.90 Å². The maximum absolute atomic E-state index is 14.3. The molecule has 2 heterocycles. The summed E-state index contributed by atoms with van der Waals surface area (Å²) in [7, 11) is -1.88. The average molecular weight is 564 g/mol. The maximum atomic E-state index is 14.3. The second kappa shape index (κ2) is 10.4. The molecule has 1 fully saturated rings. The largest absolute Gasteiger partial charge is 0.478 e. The topological polar surface area (TPSA) is 97.1 Å². The van der Waals surface area contributed by atoms with E-state index in [4.69, 9.17) is 11.6 Å². The molecule has 1 aliphatic heterocycles. The first-order valence-electron chi connectivity index (χ1n) is 12.3. The third kappa shape index (κ3) is 4.87. The third-order valence-electron chi connectivity index (χ3n) is 7.58. The van der Waals surface area contributed by atoms with E-state index in [1.165, 1.54) is 24.4 Å². The molecule has 3 N–H and O–H groups in total. The van der Waals surface area contributed by atoms with E-state index in [1.54, 1.807) is 17.4 Å². The lowest BCUT2D eigenvalue weighted by atomic mass is 9.83. The number of carboxylic acids is 1. The van der Waals surface area contributed by atoms with Crippen LogP contribution in [0, 0.1) is 17.6 Å². The molecule has 1 aromatic heterocycles. The number of carboxylic acid groups (broad SMARTS) is 1. The smallest absolute Gasteiger partial charge is 0.338 e. The van der Waals surface area contributed by atoms with Gasteiger partial charge in [-0.1, -0.05) is 36.9 Å². The number of hydrogen-bond acceptors (Lipinski definition) is 6. The Labute approximate surface area is 226 Å². The fourth-order valence-electron chi connectivity index (χ4n) is 5.55. The quantitative estimate of drug-likeness (QED) is 0.303. The third-order valence-corrected chi connectivity index (χ3v) is 9.88. The van der Waals surface area contributed by atoms with Crippen molar-refractivity contribution < 1.29 is 27.8 Å². The number of likely N-dealkylation sites (N-methyl/N-ethyl adjacent to an activating group) is 1. The molecule has 1 aliphatic carbocycles. The zero-order valence-corrected chi connectivity index (χ0v) is 22.2. The molecule has 11 heteroatoms. The molecular formula is C27H28ClF2N3O4S. The van der Waals surface area contributed by atoms with Crippen LogP contribution in [-0.2, 0) is 0 Å². The molecule has 1 saturated carbocycles. The van der Waals surface area contributed by atoms with Crippen LogP contribution in [-0.4, -0.2) is 49.1 Å². The van der Waals surface area contributed by atoms with Gasteiger partial charge >= 0.3 is 5.97 Å². The number of rotatable bonds is 4. The molecule has 2 aromatic carbocycles. The molecule has 5 rings (SSSR count). The minimum atomic E-state index is -3.56. The lowest BCUT2D eigenvalue weighted by molar-refractivity contribution is 0.0692. The van der Waals surface area contributed by atoms with Gasteiger partial charge in [-0.2, -0.15) is 4.31 Å². The summed E-state index contributed by atoms with van der Waals surface area (Å²) in [6, 6.07) is 7.73. The normalized spacial score (nSPS) is 21.0. The minimum Gasteiger partial charge on any atom is -0.478 e. The molecule has 0 amide bonds. The predicted octanol–water partition coefficient (Wildman–Crippen LogP) is 7.44. The molecule has 0 radical (unpaired) electrons. The van der Waals surface area contributed by atoms with Gasteiger partial charge in [0.25, 0.3) is 0 Å². The number of aromatic nitrogens is 1. The number of benzene rings is 2. The fourth-order valence-corrected chi connectivity index (χ4v) is 7.47. The number of aromatic carboxylic acids is 1. The van der Waals surface area contributed by atoms with Gasteiger partial charge in [-0.05, 0) is 48.6 Å². The summed E-state index contributed by atoms with van der Waals surface area (Å²) < 4.78 is 53.4. The van der Waals surface area contributed by atoms with Crippen LogP contribution in [0.1, 0.15) is 42.5 Å². The summed E-state index contributed by atoms with van der Waals surface area (Å²) in [5.41, 5.74) is 0.923. The van der Waals surface area contributed by atoms with Crippen molar-refractivity contribution in [1.29, 1.82) is 0 Å². The van der Waals surface area contributed by atoms with E-state index in [9.17, 15) is 27.8 Å². The van der Waals surface area contributed by atoms with Crippen LogP contribution in [0.3, 0.4) is 0 Å². The highest BCUT2D eigenvalue weighted by Gasteiger charge is 2.41. The maximum Gasteiger partial charge on any atom is 0.338 e. The Morgan fingerprint density at radius 1 is 1.08 bits per heavy atom. The Bertz CT molecular complexity index is 1390. The Morgan fingerprint density at radius 2 is 1.82 bits per heavy atom. The molecule has 0 bridgehead atoms. The van der Waals surface area contributed by atoms with Gasteiger partial charge in [-0.3, -0.25) is 14.1 Å². The molecule has 3 aromatic rings. The van der Waals surface area contributed by atoms with E-state index in [1.807, 2.05) is 4.90 Å². The summed E-state index contributed by atoms with van der Waals surface area (Å²) in [4.78, 5) is 17.5. The first-order chi connectivity index (χ1) is 18.1. The van der Waals surface area contributed by atoms with Crippen LogP contribution in [0.15, 0.2) is 53.7 Å². The number of fused-ring (bicyclic) bond motifs is 1. The molecule has 0 saturated heterocycles. The van der Waals surface area contributed by atoms with E-state index in [-0.39, 0.29) is 21.9 Å². The Kier molecular flexibility index (Phi) is 7.36. The Hall–Kier alpha value is -2.76. The summed E-state index contributed by atoms with van der Waals surface area (Å²) in [5, 5.41) is 9.58. The second-order valence-corrected chi connectivity index (χ2v) is 12.3. The van der Waals surface area contributed by atoms with E-state index in [2.05, 4.69) is 4.98 Å². The monoisotopic (exact) mass is 563 g/mol. The Balaban J connectivity index is 1.71. The molecule has 202 valence electrons. The van der Waals surface area contributed by atoms with Crippen molar-refractivity contribution in [1.82, 2.24) is 9.29 Å². The van der Waals surface area contributed by atoms with Crippen LogP contribution in [0.25, 0.3) is 11.1 Å². The van der Waals surface area contributed by atoms with Crippen LogP contribution in [0.2, 0.25) is 5.02 Å². The van der Waals surface area contributed by atoms with Crippen LogP contribution in [0.4, 0.5) is 20.2 Å². The molecule has 1 atom stereocenters. The summed E-state index contributed by atoms with van der Waals surface area (Å²) in [6.07, 6.45) is 7.74. The molecule has 0 spiro atoms. The summed E-state index contributed by atoms with van der Waals surface area (Å²) in [6.45, 7) is 0.352. The van der Waals surface area contributed by atoms with Gasteiger partial charge in [0.05, 0.1) is 39.3 Å². The zero-order chi connectivity index (χ0) is 27.2. The van der Waals surface area contributed by atoms with Gasteiger partial charge in [-0.15, -0.1) is 10.8 Å². The molecule has 7 nitrogen and oxygen atoms in total. The number of halogens is 3. The summed E-state index contributed by atoms with van der Waals surface area (Å²) >= 11 is 6.69. The van der Waals surface area contributed by atoms with Crippen molar-refractivity contribution in [3.05, 3.63) is 71.0 Å². The van der Waals surface area contributed by atoms with E-state index in [0.717, 1.165) is 50.4 Å². The molecule has 2 aliphatic rings. The van der Waals surface area contributed by atoms with Gasteiger partial charge in [0.15, 0.2) is 0 Å². The lowest BCUT2D eigenvalue weighted by Gasteiger charge is -2.46. The number of pyridine rings is 1. The van der Waals surface area contributed by atoms with Gasteiger partial charge in [0, 0.05) is 31.3 Å². The number of carbonyl (C=O) groups is 1. The van der Waals surface area contributed by atoms with Gasteiger partial charge in [0.1, 0.15) is 11.6 Å². The first-order valence-corrected chi connectivity index (χ1v) is 14.2. The Morgan fingerprint density at radius 3 is 2.50 bits per heavy atom. The van der Waals surface area contributed by atoms with Gasteiger partial charge in [0.2, 0.25) is 0 Å². The van der Waals surface area contributed by atoms with Crippen molar-refractivity contribution in [2.75, 3.05) is 18.5 Å². The van der Waals surface area contributed by atoms with Gasteiger partial charge in [-0.25, -0.2) is 13.6 Å². The highest BCUT2D eigenvalue weighted by molar-refractivity contribution is 8.22. The SMILES string of the molecule is CN1C(C2CCCCC2)CN(c2cncc(F)c2)c2cc(Cl)c(-c3ccc(F)c(C(=O)O)c3)cc2S1(O)O. The van der Waals surface area contributed by atoms with E-state index in [0.29, 0.717) is 29.0 Å². The first kappa shape index (κ1) is 26.8. The molecule has 1 unspecified atom stereocenters. The fraction of sp³-hybridized carbons (Fsp3) is 0.333. The number of nitrogens with zero attached hydrogens (tertiary/aromatic N) is 3. The standard InChI is InChI=1S/C27H28ClF2N3O4S/c1-32-25(16-5-3-2-4-6-16)15-33(19-10-18(29)13-31-14-19)24-12-22(28)20(11-26(24)38(32,36)37)17-7-8-23(30)21(9-17)27(34)35/h7-14,16,25,36-37H,2-6,15H2,1H3,(H,34,35). The van der Waals surface area contributed by atoms with Crippen LogP contribution >= 0.6 is 22.4 Å². The predicted molar refractivity (Wildman–Crippen MR) is 144 cm³/mol.